The van der Waals surface area contributed by atoms with Crippen molar-refractivity contribution in [3.05, 3.63) is 35.4 Å². The lowest BCUT2D eigenvalue weighted by Crippen LogP contribution is -2.28. The Morgan fingerprint density at radius 1 is 1.12 bits per heavy atom. The molecule has 2 nitrogen and oxygen atoms in total. The summed E-state index contributed by atoms with van der Waals surface area (Å²) in [6.07, 6.45) is 2.92. The number of aliphatic hydroxyl groups is 1. The van der Waals surface area contributed by atoms with E-state index in [4.69, 9.17) is 0 Å². The number of hydrogen-bond acceptors (Lipinski definition) is 2. The second kappa shape index (κ2) is 6.77. The van der Waals surface area contributed by atoms with E-state index in [2.05, 4.69) is 31.3 Å². The highest BCUT2D eigenvalue weighted by Gasteiger charge is 2.21. The van der Waals surface area contributed by atoms with Gasteiger partial charge in [0.05, 0.1) is 5.60 Å². The Morgan fingerprint density at radius 2 is 1.76 bits per heavy atom. The zero-order valence-electron chi connectivity index (χ0n) is 11.3. The van der Waals surface area contributed by atoms with Crippen LogP contribution >= 0.6 is 0 Å². The maximum atomic E-state index is 10.4. The monoisotopic (exact) mass is 235 g/mol. The normalized spacial score (nSPS) is 14.6. The van der Waals surface area contributed by atoms with Crippen molar-refractivity contribution in [3.8, 4) is 0 Å². The first-order valence-electron chi connectivity index (χ1n) is 6.62. The van der Waals surface area contributed by atoms with Gasteiger partial charge in [-0.25, -0.2) is 0 Å². The van der Waals surface area contributed by atoms with E-state index in [0.29, 0.717) is 0 Å². The van der Waals surface area contributed by atoms with Gasteiger partial charge in [0, 0.05) is 0 Å². The van der Waals surface area contributed by atoms with Crippen LogP contribution in [0.25, 0.3) is 0 Å². The molecule has 2 N–H and O–H groups in total. The van der Waals surface area contributed by atoms with Gasteiger partial charge in [0.1, 0.15) is 0 Å². The molecule has 1 atom stereocenters. The molecular formula is C15H25NO. The SMILES string of the molecule is CCCNCCC(C)(O)c1ccc(CC)cc1. The first-order valence-corrected chi connectivity index (χ1v) is 6.62. The van der Waals surface area contributed by atoms with Crippen LogP contribution in [0, 0.1) is 0 Å². The van der Waals surface area contributed by atoms with E-state index in [9.17, 15) is 5.11 Å². The van der Waals surface area contributed by atoms with Gasteiger partial charge < -0.3 is 10.4 Å². The Morgan fingerprint density at radius 3 is 2.29 bits per heavy atom. The summed E-state index contributed by atoms with van der Waals surface area (Å²) in [4.78, 5) is 0. The Kier molecular flexibility index (Phi) is 5.66. The molecule has 96 valence electrons. The van der Waals surface area contributed by atoms with Gasteiger partial charge in [0.15, 0.2) is 0 Å². The third-order valence-electron chi connectivity index (χ3n) is 3.20. The lowest BCUT2D eigenvalue weighted by Gasteiger charge is -2.24. The predicted octanol–water partition coefficient (Wildman–Crippen LogP) is 2.85. The molecule has 1 unspecified atom stereocenters. The number of hydrogen-bond donors (Lipinski definition) is 2. The van der Waals surface area contributed by atoms with Crippen LogP contribution in [0.15, 0.2) is 24.3 Å². The fourth-order valence-corrected chi connectivity index (χ4v) is 1.88. The summed E-state index contributed by atoms with van der Waals surface area (Å²) in [5.74, 6) is 0. The van der Waals surface area contributed by atoms with Crippen LogP contribution in [0.5, 0.6) is 0 Å². The van der Waals surface area contributed by atoms with E-state index in [1.165, 1.54) is 5.56 Å². The Hall–Kier alpha value is -0.860. The molecule has 1 aromatic rings. The van der Waals surface area contributed by atoms with Crippen molar-refractivity contribution in [2.45, 2.75) is 45.6 Å². The summed E-state index contributed by atoms with van der Waals surface area (Å²) in [6, 6.07) is 8.28. The number of nitrogens with one attached hydrogen (secondary N) is 1. The van der Waals surface area contributed by atoms with Crippen molar-refractivity contribution in [3.63, 3.8) is 0 Å². The van der Waals surface area contributed by atoms with Crippen LogP contribution < -0.4 is 5.32 Å². The van der Waals surface area contributed by atoms with Crippen LogP contribution in [0.4, 0.5) is 0 Å². The van der Waals surface area contributed by atoms with Crippen molar-refractivity contribution in [2.24, 2.45) is 0 Å². The Labute approximate surface area is 105 Å². The van der Waals surface area contributed by atoms with Gasteiger partial charge in [-0.2, -0.15) is 0 Å². The molecule has 0 fully saturated rings. The quantitative estimate of drug-likeness (QED) is 0.712. The largest absolute Gasteiger partial charge is 0.385 e. The average molecular weight is 235 g/mol. The van der Waals surface area contributed by atoms with Gasteiger partial charge in [-0.3, -0.25) is 0 Å². The van der Waals surface area contributed by atoms with E-state index in [1.807, 2.05) is 19.1 Å². The lowest BCUT2D eigenvalue weighted by molar-refractivity contribution is 0.0480. The Bertz CT molecular complexity index is 316. The van der Waals surface area contributed by atoms with Gasteiger partial charge in [-0.15, -0.1) is 0 Å². The van der Waals surface area contributed by atoms with Crippen LogP contribution in [-0.2, 0) is 12.0 Å². The zero-order chi connectivity index (χ0) is 12.7. The summed E-state index contributed by atoms with van der Waals surface area (Å²) < 4.78 is 0. The van der Waals surface area contributed by atoms with Crippen LogP contribution in [0.1, 0.15) is 44.7 Å². The van der Waals surface area contributed by atoms with Gasteiger partial charge >= 0.3 is 0 Å². The van der Waals surface area contributed by atoms with Crippen LogP contribution in [-0.4, -0.2) is 18.2 Å². The van der Waals surface area contributed by atoms with E-state index in [-0.39, 0.29) is 0 Å². The molecule has 0 aliphatic heterocycles. The highest BCUT2D eigenvalue weighted by atomic mass is 16.3. The molecule has 2 heteroatoms. The van der Waals surface area contributed by atoms with Crippen molar-refractivity contribution >= 4 is 0 Å². The first kappa shape index (κ1) is 14.2. The van der Waals surface area contributed by atoms with Gasteiger partial charge in [-0.1, -0.05) is 38.1 Å². The van der Waals surface area contributed by atoms with Gasteiger partial charge in [0.2, 0.25) is 0 Å². The zero-order valence-corrected chi connectivity index (χ0v) is 11.3. The molecule has 0 aliphatic carbocycles. The maximum Gasteiger partial charge on any atom is 0.0880 e. The highest BCUT2D eigenvalue weighted by Crippen LogP contribution is 2.24. The van der Waals surface area contributed by atoms with Crippen LogP contribution in [0.2, 0.25) is 0 Å². The second-order valence-corrected chi connectivity index (χ2v) is 4.82. The molecule has 0 bridgehead atoms. The number of rotatable bonds is 7. The summed E-state index contributed by atoms with van der Waals surface area (Å²) in [5.41, 5.74) is 1.59. The fourth-order valence-electron chi connectivity index (χ4n) is 1.88. The lowest BCUT2D eigenvalue weighted by atomic mass is 9.91. The fraction of sp³-hybridized carbons (Fsp3) is 0.600. The smallest absolute Gasteiger partial charge is 0.0880 e. The van der Waals surface area contributed by atoms with Crippen LogP contribution in [0.3, 0.4) is 0 Å². The third kappa shape index (κ3) is 4.49. The first-order chi connectivity index (χ1) is 8.10. The van der Waals surface area contributed by atoms with Gasteiger partial charge in [0.25, 0.3) is 0 Å². The maximum absolute atomic E-state index is 10.4. The van der Waals surface area contributed by atoms with Crippen molar-refractivity contribution in [1.29, 1.82) is 0 Å². The van der Waals surface area contributed by atoms with E-state index in [1.54, 1.807) is 0 Å². The topological polar surface area (TPSA) is 32.3 Å². The molecular weight excluding hydrogens is 210 g/mol. The minimum atomic E-state index is -0.729. The number of aryl methyl sites for hydroxylation is 1. The molecule has 0 aliphatic rings. The van der Waals surface area contributed by atoms with Crippen molar-refractivity contribution < 1.29 is 5.11 Å². The molecule has 0 heterocycles. The molecule has 0 saturated heterocycles. The van der Waals surface area contributed by atoms with Crippen molar-refractivity contribution in [1.82, 2.24) is 5.32 Å². The summed E-state index contributed by atoms with van der Waals surface area (Å²) in [5, 5.41) is 13.7. The molecule has 0 spiro atoms. The molecule has 0 radical (unpaired) electrons. The third-order valence-corrected chi connectivity index (χ3v) is 3.20. The minimum Gasteiger partial charge on any atom is -0.385 e. The summed E-state index contributed by atoms with van der Waals surface area (Å²) >= 11 is 0. The average Bonchev–Trinajstić information content (AvgIpc) is 2.35. The standard InChI is InChI=1S/C15H25NO/c1-4-11-16-12-10-15(3,17)14-8-6-13(5-2)7-9-14/h6-9,16-17H,4-5,10-12H2,1-3H3. The second-order valence-electron chi connectivity index (χ2n) is 4.82. The van der Waals surface area contributed by atoms with E-state index >= 15 is 0 Å². The summed E-state index contributed by atoms with van der Waals surface area (Å²) in [7, 11) is 0. The Balaban J connectivity index is 2.55. The number of benzene rings is 1. The summed E-state index contributed by atoms with van der Waals surface area (Å²) in [6.45, 7) is 8.05. The molecule has 0 saturated carbocycles. The molecule has 17 heavy (non-hydrogen) atoms. The van der Waals surface area contributed by atoms with E-state index in [0.717, 1.165) is 37.9 Å². The molecule has 0 amide bonds. The van der Waals surface area contributed by atoms with E-state index < -0.39 is 5.60 Å². The molecule has 1 rings (SSSR count). The minimum absolute atomic E-state index is 0.729. The van der Waals surface area contributed by atoms with Gasteiger partial charge in [-0.05, 0) is 50.4 Å². The molecule has 0 aromatic heterocycles. The van der Waals surface area contributed by atoms with Crippen molar-refractivity contribution in [2.75, 3.05) is 13.1 Å². The highest BCUT2D eigenvalue weighted by molar-refractivity contribution is 5.26. The predicted molar refractivity (Wildman–Crippen MR) is 73.2 cm³/mol. The molecule has 1 aromatic carbocycles.